The molecule has 0 unspecified atom stereocenters. The SMILES string of the molecule is CCOC(=O)NCCc1cc2c(c(OC)c1I)OCO2. The molecule has 0 bridgehead atoms. The minimum atomic E-state index is -0.407. The second-order valence-electron chi connectivity index (χ2n) is 4.01. The fourth-order valence-electron chi connectivity index (χ4n) is 1.89. The number of rotatable bonds is 5. The number of ether oxygens (including phenoxy) is 4. The number of fused-ring (bicyclic) bond motifs is 1. The Morgan fingerprint density at radius 2 is 2.30 bits per heavy atom. The normalized spacial score (nSPS) is 12.2. The van der Waals surface area contributed by atoms with E-state index < -0.39 is 6.09 Å². The lowest BCUT2D eigenvalue weighted by molar-refractivity contribution is 0.152. The zero-order valence-corrected chi connectivity index (χ0v) is 13.5. The standard InChI is InChI=1S/C13H16INO5/c1-3-18-13(16)15-5-4-8-6-9-11(20-7-19-9)12(17-2)10(8)14/h6H,3-5,7H2,1-2H3,(H,15,16). The molecule has 1 aromatic rings. The van der Waals surface area contributed by atoms with Gasteiger partial charge in [-0.3, -0.25) is 0 Å². The molecule has 0 spiro atoms. The number of hydrogen-bond donors (Lipinski definition) is 1. The van der Waals surface area contributed by atoms with Crippen molar-refractivity contribution in [2.75, 3.05) is 27.1 Å². The summed E-state index contributed by atoms with van der Waals surface area (Å²) in [7, 11) is 1.60. The lowest BCUT2D eigenvalue weighted by atomic mass is 10.1. The van der Waals surface area contributed by atoms with Crippen molar-refractivity contribution >= 4 is 28.7 Å². The highest BCUT2D eigenvalue weighted by Crippen LogP contribution is 2.45. The predicted molar refractivity (Wildman–Crippen MR) is 80.6 cm³/mol. The summed E-state index contributed by atoms with van der Waals surface area (Å²) in [4.78, 5) is 11.2. The highest BCUT2D eigenvalue weighted by atomic mass is 127. The molecule has 1 N–H and O–H groups in total. The van der Waals surface area contributed by atoms with Gasteiger partial charge in [-0.25, -0.2) is 4.79 Å². The van der Waals surface area contributed by atoms with E-state index >= 15 is 0 Å². The Hall–Kier alpha value is -1.38. The third-order valence-electron chi connectivity index (χ3n) is 2.78. The fraction of sp³-hybridized carbons (Fsp3) is 0.462. The van der Waals surface area contributed by atoms with Crippen LogP contribution in [-0.2, 0) is 11.2 Å². The second-order valence-corrected chi connectivity index (χ2v) is 5.09. The third kappa shape index (κ3) is 3.20. The minimum absolute atomic E-state index is 0.201. The summed E-state index contributed by atoms with van der Waals surface area (Å²) < 4.78 is 21.9. The van der Waals surface area contributed by atoms with Gasteiger partial charge in [0.05, 0.1) is 17.3 Å². The van der Waals surface area contributed by atoms with Crippen LogP contribution in [0.5, 0.6) is 17.2 Å². The van der Waals surface area contributed by atoms with Gasteiger partial charge in [0.1, 0.15) is 0 Å². The van der Waals surface area contributed by atoms with Crippen LogP contribution < -0.4 is 19.5 Å². The van der Waals surface area contributed by atoms with Gasteiger partial charge in [0, 0.05) is 6.54 Å². The van der Waals surface area contributed by atoms with Gasteiger partial charge in [-0.15, -0.1) is 0 Å². The topological polar surface area (TPSA) is 66.0 Å². The number of amides is 1. The number of carbonyl (C=O) groups is 1. The summed E-state index contributed by atoms with van der Waals surface area (Å²) >= 11 is 2.20. The van der Waals surface area contributed by atoms with Gasteiger partial charge >= 0.3 is 6.09 Å². The first-order valence-electron chi connectivity index (χ1n) is 6.23. The molecule has 0 atom stereocenters. The quantitative estimate of drug-likeness (QED) is 0.778. The molecule has 7 heteroatoms. The lowest BCUT2D eigenvalue weighted by Gasteiger charge is -2.12. The first-order chi connectivity index (χ1) is 9.67. The van der Waals surface area contributed by atoms with Crippen LogP contribution in [0, 0.1) is 3.57 Å². The highest BCUT2D eigenvalue weighted by Gasteiger charge is 2.23. The van der Waals surface area contributed by atoms with Crippen LogP contribution in [-0.4, -0.2) is 33.1 Å². The number of benzene rings is 1. The van der Waals surface area contributed by atoms with Crippen molar-refractivity contribution in [1.29, 1.82) is 0 Å². The summed E-state index contributed by atoms with van der Waals surface area (Å²) in [5.74, 6) is 1.99. The highest BCUT2D eigenvalue weighted by molar-refractivity contribution is 14.1. The molecule has 2 rings (SSSR count). The second kappa shape index (κ2) is 6.87. The molecule has 0 aromatic heterocycles. The smallest absolute Gasteiger partial charge is 0.407 e. The van der Waals surface area contributed by atoms with Crippen LogP contribution in [0.2, 0.25) is 0 Å². The molecule has 0 radical (unpaired) electrons. The molecular weight excluding hydrogens is 377 g/mol. The molecule has 1 amide bonds. The summed E-state index contributed by atoms with van der Waals surface area (Å²) in [6, 6.07) is 1.92. The molecule has 6 nitrogen and oxygen atoms in total. The molecule has 1 aliphatic rings. The lowest BCUT2D eigenvalue weighted by Crippen LogP contribution is -2.26. The number of methoxy groups -OCH3 is 1. The maximum Gasteiger partial charge on any atom is 0.407 e. The molecule has 1 aliphatic heterocycles. The van der Waals surface area contributed by atoms with Gasteiger partial charge in [0.15, 0.2) is 11.5 Å². The monoisotopic (exact) mass is 393 g/mol. The van der Waals surface area contributed by atoms with Crippen molar-refractivity contribution in [3.8, 4) is 17.2 Å². The van der Waals surface area contributed by atoms with Crippen molar-refractivity contribution in [2.45, 2.75) is 13.3 Å². The van der Waals surface area contributed by atoms with E-state index in [1.807, 2.05) is 6.07 Å². The number of alkyl carbamates (subject to hydrolysis) is 1. The Labute approximate surface area is 130 Å². The Morgan fingerprint density at radius 3 is 3.00 bits per heavy atom. The van der Waals surface area contributed by atoms with Crippen LogP contribution in [0.1, 0.15) is 12.5 Å². The first-order valence-corrected chi connectivity index (χ1v) is 7.30. The van der Waals surface area contributed by atoms with Gasteiger partial charge in [-0.05, 0) is 47.6 Å². The van der Waals surface area contributed by atoms with Crippen LogP contribution in [0.25, 0.3) is 0 Å². The van der Waals surface area contributed by atoms with Gasteiger partial charge in [-0.2, -0.15) is 0 Å². The first kappa shape index (κ1) is 15.0. The Balaban J connectivity index is 2.07. The van der Waals surface area contributed by atoms with E-state index in [1.54, 1.807) is 14.0 Å². The molecule has 0 aliphatic carbocycles. The molecule has 0 fully saturated rings. The van der Waals surface area contributed by atoms with E-state index in [0.717, 1.165) is 9.13 Å². The van der Waals surface area contributed by atoms with E-state index in [-0.39, 0.29) is 6.79 Å². The molecular formula is C13H16INO5. The maximum absolute atomic E-state index is 11.2. The Kier molecular flexibility index (Phi) is 5.16. The van der Waals surface area contributed by atoms with Gasteiger partial charge in [0.25, 0.3) is 0 Å². The van der Waals surface area contributed by atoms with E-state index in [2.05, 4.69) is 27.9 Å². The third-order valence-corrected chi connectivity index (χ3v) is 3.96. The van der Waals surface area contributed by atoms with Crippen LogP contribution in [0.4, 0.5) is 4.79 Å². The fourth-order valence-corrected chi connectivity index (χ4v) is 2.78. The van der Waals surface area contributed by atoms with E-state index in [1.165, 1.54) is 0 Å². The number of nitrogens with one attached hydrogen (secondary N) is 1. The molecule has 1 aromatic carbocycles. The Morgan fingerprint density at radius 1 is 1.50 bits per heavy atom. The van der Waals surface area contributed by atoms with Crippen molar-refractivity contribution in [1.82, 2.24) is 5.32 Å². The molecule has 0 saturated heterocycles. The van der Waals surface area contributed by atoms with Crippen molar-refractivity contribution in [3.05, 3.63) is 15.2 Å². The van der Waals surface area contributed by atoms with Crippen molar-refractivity contribution in [2.24, 2.45) is 0 Å². The van der Waals surface area contributed by atoms with Gasteiger partial charge in [-0.1, -0.05) is 0 Å². The predicted octanol–water partition coefficient (Wildman–Crippen LogP) is 2.32. The van der Waals surface area contributed by atoms with Crippen molar-refractivity contribution < 1.29 is 23.7 Å². The van der Waals surface area contributed by atoms with Crippen LogP contribution >= 0.6 is 22.6 Å². The van der Waals surface area contributed by atoms with Gasteiger partial charge in [0.2, 0.25) is 12.5 Å². The summed E-state index contributed by atoms with van der Waals surface area (Å²) in [5.41, 5.74) is 1.03. The van der Waals surface area contributed by atoms with E-state index in [9.17, 15) is 4.79 Å². The number of carbonyl (C=O) groups excluding carboxylic acids is 1. The zero-order valence-electron chi connectivity index (χ0n) is 11.3. The molecule has 1 heterocycles. The molecule has 110 valence electrons. The summed E-state index contributed by atoms with van der Waals surface area (Å²) in [6.07, 6.45) is 0.250. The van der Waals surface area contributed by atoms with E-state index in [4.69, 9.17) is 18.9 Å². The summed E-state index contributed by atoms with van der Waals surface area (Å²) in [5, 5.41) is 2.69. The van der Waals surface area contributed by atoms with E-state index in [0.29, 0.717) is 36.8 Å². The number of halogens is 1. The molecule has 0 saturated carbocycles. The van der Waals surface area contributed by atoms with Gasteiger partial charge < -0.3 is 24.3 Å². The average molecular weight is 393 g/mol. The summed E-state index contributed by atoms with van der Waals surface area (Å²) in [6.45, 7) is 2.82. The average Bonchev–Trinajstić information content (AvgIpc) is 2.87. The zero-order chi connectivity index (χ0) is 14.5. The molecule has 20 heavy (non-hydrogen) atoms. The van der Waals surface area contributed by atoms with Crippen LogP contribution in [0.3, 0.4) is 0 Å². The Bertz CT molecular complexity index is 506. The number of hydrogen-bond acceptors (Lipinski definition) is 5. The minimum Gasteiger partial charge on any atom is -0.492 e. The van der Waals surface area contributed by atoms with Crippen LogP contribution in [0.15, 0.2) is 6.07 Å². The van der Waals surface area contributed by atoms with Crippen molar-refractivity contribution in [3.63, 3.8) is 0 Å². The largest absolute Gasteiger partial charge is 0.492 e. The maximum atomic E-state index is 11.2.